The van der Waals surface area contributed by atoms with E-state index in [4.69, 9.17) is 14.7 Å². The van der Waals surface area contributed by atoms with Gasteiger partial charge in [-0.1, -0.05) is 0 Å². The first-order valence-electron chi connectivity index (χ1n) is 6.12. The van der Waals surface area contributed by atoms with Crippen LogP contribution in [0.25, 0.3) is 0 Å². The van der Waals surface area contributed by atoms with Crippen LogP contribution in [0.15, 0.2) is 36.4 Å². The van der Waals surface area contributed by atoms with Crippen molar-refractivity contribution in [2.24, 2.45) is 0 Å². The SMILES string of the molecule is COc1ccc(C=O)cc1COc1ccc(C#N)c(F)c1. The van der Waals surface area contributed by atoms with E-state index in [-0.39, 0.29) is 12.2 Å². The van der Waals surface area contributed by atoms with E-state index in [1.165, 1.54) is 19.2 Å². The Hall–Kier alpha value is -2.87. The Kier molecular flexibility index (Phi) is 4.52. The van der Waals surface area contributed by atoms with Crippen LogP contribution >= 0.6 is 0 Å². The molecule has 0 saturated carbocycles. The normalized spacial score (nSPS) is 9.76. The van der Waals surface area contributed by atoms with Gasteiger partial charge in [-0.25, -0.2) is 4.39 Å². The number of halogens is 1. The summed E-state index contributed by atoms with van der Waals surface area (Å²) < 4.78 is 24.1. The standard InChI is InChI=1S/C16H12FNO3/c1-20-16-5-2-11(9-19)6-13(16)10-21-14-4-3-12(8-18)15(17)7-14/h2-7,9H,10H2,1H3. The van der Waals surface area contributed by atoms with Crippen molar-refractivity contribution >= 4 is 6.29 Å². The van der Waals surface area contributed by atoms with E-state index in [9.17, 15) is 9.18 Å². The summed E-state index contributed by atoms with van der Waals surface area (Å²) in [5.41, 5.74) is 1.13. The fraction of sp³-hybridized carbons (Fsp3) is 0.125. The van der Waals surface area contributed by atoms with Crippen LogP contribution in [0.1, 0.15) is 21.5 Å². The number of benzene rings is 2. The molecule has 0 aliphatic rings. The molecule has 0 saturated heterocycles. The van der Waals surface area contributed by atoms with Gasteiger partial charge < -0.3 is 9.47 Å². The lowest BCUT2D eigenvalue weighted by Gasteiger charge is -2.11. The van der Waals surface area contributed by atoms with Crippen LogP contribution in [0.4, 0.5) is 4.39 Å². The number of carbonyl (C=O) groups is 1. The minimum absolute atomic E-state index is 0.0390. The molecule has 0 unspecified atom stereocenters. The van der Waals surface area contributed by atoms with E-state index < -0.39 is 5.82 Å². The first-order valence-corrected chi connectivity index (χ1v) is 6.12. The van der Waals surface area contributed by atoms with Crippen molar-refractivity contribution in [3.8, 4) is 17.6 Å². The van der Waals surface area contributed by atoms with Crippen molar-refractivity contribution in [3.05, 3.63) is 58.9 Å². The Balaban J connectivity index is 2.18. The highest BCUT2D eigenvalue weighted by Gasteiger charge is 2.07. The van der Waals surface area contributed by atoms with Gasteiger partial charge in [0.1, 0.15) is 36.3 Å². The van der Waals surface area contributed by atoms with E-state index >= 15 is 0 Å². The maximum atomic E-state index is 13.5. The molecule has 0 N–H and O–H groups in total. The molecule has 2 aromatic rings. The highest BCUT2D eigenvalue weighted by atomic mass is 19.1. The van der Waals surface area contributed by atoms with Crippen LogP contribution in [0.2, 0.25) is 0 Å². The van der Waals surface area contributed by atoms with Crippen LogP contribution in [-0.4, -0.2) is 13.4 Å². The molecule has 106 valence electrons. The highest BCUT2D eigenvalue weighted by molar-refractivity contribution is 5.75. The lowest BCUT2D eigenvalue weighted by Crippen LogP contribution is -2.00. The average Bonchev–Trinajstić information content (AvgIpc) is 2.52. The molecule has 0 bridgehead atoms. The lowest BCUT2D eigenvalue weighted by atomic mass is 10.1. The van der Waals surface area contributed by atoms with Crippen molar-refractivity contribution in [1.29, 1.82) is 5.26 Å². The van der Waals surface area contributed by atoms with E-state index in [1.54, 1.807) is 24.3 Å². The molecular formula is C16H12FNO3. The highest BCUT2D eigenvalue weighted by Crippen LogP contribution is 2.22. The summed E-state index contributed by atoms with van der Waals surface area (Å²) in [5, 5.41) is 8.66. The topological polar surface area (TPSA) is 59.3 Å². The van der Waals surface area contributed by atoms with E-state index in [2.05, 4.69) is 0 Å². The molecule has 2 aromatic carbocycles. The number of hydrogen-bond donors (Lipinski definition) is 0. The quantitative estimate of drug-likeness (QED) is 0.792. The van der Waals surface area contributed by atoms with Crippen molar-refractivity contribution < 1.29 is 18.7 Å². The smallest absolute Gasteiger partial charge is 0.150 e. The summed E-state index contributed by atoms with van der Waals surface area (Å²) >= 11 is 0. The second-order valence-corrected chi connectivity index (χ2v) is 4.23. The molecule has 0 spiro atoms. The van der Waals surface area contributed by atoms with Gasteiger partial charge in [0.05, 0.1) is 12.7 Å². The number of methoxy groups -OCH3 is 1. The van der Waals surface area contributed by atoms with Crippen LogP contribution in [0.3, 0.4) is 0 Å². The summed E-state index contributed by atoms with van der Waals surface area (Å²) in [4.78, 5) is 10.8. The third-order valence-corrected chi connectivity index (χ3v) is 2.90. The molecule has 0 atom stereocenters. The fourth-order valence-corrected chi connectivity index (χ4v) is 1.82. The molecule has 0 radical (unpaired) electrons. The van der Waals surface area contributed by atoms with Gasteiger partial charge in [0, 0.05) is 17.2 Å². The number of carbonyl (C=O) groups excluding carboxylic acids is 1. The van der Waals surface area contributed by atoms with Gasteiger partial charge in [0.25, 0.3) is 0 Å². The number of aldehydes is 1. The largest absolute Gasteiger partial charge is 0.496 e. The Morgan fingerprint density at radius 3 is 2.71 bits per heavy atom. The summed E-state index contributed by atoms with van der Waals surface area (Å²) in [6, 6.07) is 10.7. The predicted octanol–water partition coefficient (Wildman–Crippen LogP) is 3.10. The van der Waals surface area contributed by atoms with Gasteiger partial charge in [-0.3, -0.25) is 4.79 Å². The lowest BCUT2D eigenvalue weighted by molar-refractivity contribution is 0.112. The third kappa shape index (κ3) is 3.37. The molecule has 0 amide bonds. The van der Waals surface area contributed by atoms with Gasteiger partial charge in [-0.05, 0) is 30.3 Å². The summed E-state index contributed by atoms with van der Waals surface area (Å²) in [6.07, 6.45) is 0.727. The number of rotatable bonds is 5. The third-order valence-electron chi connectivity index (χ3n) is 2.90. The zero-order valence-electron chi connectivity index (χ0n) is 11.3. The Morgan fingerprint density at radius 1 is 1.29 bits per heavy atom. The molecule has 0 aliphatic heterocycles. The molecule has 2 rings (SSSR count). The van der Waals surface area contributed by atoms with Crippen molar-refractivity contribution in [2.45, 2.75) is 6.61 Å². The van der Waals surface area contributed by atoms with Gasteiger partial charge >= 0.3 is 0 Å². The Bertz CT molecular complexity index is 707. The van der Waals surface area contributed by atoms with E-state index in [0.717, 1.165) is 12.4 Å². The first-order chi connectivity index (χ1) is 10.2. The zero-order valence-corrected chi connectivity index (χ0v) is 11.3. The second kappa shape index (κ2) is 6.53. The molecular weight excluding hydrogens is 273 g/mol. The number of hydrogen-bond acceptors (Lipinski definition) is 4. The molecule has 0 aliphatic carbocycles. The monoisotopic (exact) mass is 285 g/mol. The van der Waals surface area contributed by atoms with Gasteiger partial charge in [0.2, 0.25) is 0 Å². The molecule has 0 fully saturated rings. The molecule has 21 heavy (non-hydrogen) atoms. The van der Waals surface area contributed by atoms with Gasteiger partial charge in [-0.2, -0.15) is 5.26 Å². The van der Waals surface area contributed by atoms with Crippen molar-refractivity contribution in [3.63, 3.8) is 0 Å². The minimum atomic E-state index is -0.636. The van der Waals surface area contributed by atoms with Gasteiger partial charge in [-0.15, -0.1) is 0 Å². The van der Waals surface area contributed by atoms with Crippen LogP contribution in [0.5, 0.6) is 11.5 Å². The van der Waals surface area contributed by atoms with E-state index in [1.807, 2.05) is 0 Å². The molecule has 0 heterocycles. The van der Waals surface area contributed by atoms with Crippen LogP contribution in [0, 0.1) is 17.1 Å². The van der Waals surface area contributed by atoms with Crippen LogP contribution in [-0.2, 0) is 6.61 Å². The zero-order chi connectivity index (χ0) is 15.2. The summed E-state index contributed by atoms with van der Waals surface area (Å²) in [7, 11) is 1.51. The van der Waals surface area contributed by atoms with Crippen molar-refractivity contribution in [2.75, 3.05) is 7.11 Å². The predicted molar refractivity (Wildman–Crippen MR) is 73.8 cm³/mol. The number of nitrogens with zero attached hydrogens (tertiary/aromatic N) is 1. The summed E-state index contributed by atoms with van der Waals surface area (Å²) in [6.45, 7) is 0.121. The minimum Gasteiger partial charge on any atom is -0.496 e. The maximum Gasteiger partial charge on any atom is 0.150 e. The fourth-order valence-electron chi connectivity index (χ4n) is 1.82. The number of nitriles is 1. The molecule has 0 aromatic heterocycles. The average molecular weight is 285 g/mol. The molecule has 5 heteroatoms. The Labute approximate surface area is 121 Å². The van der Waals surface area contributed by atoms with Crippen molar-refractivity contribution in [1.82, 2.24) is 0 Å². The second-order valence-electron chi connectivity index (χ2n) is 4.23. The van der Waals surface area contributed by atoms with Gasteiger partial charge in [0.15, 0.2) is 0 Å². The van der Waals surface area contributed by atoms with E-state index in [0.29, 0.717) is 22.6 Å². The molecule has 4 nitrogen and oxygen atoms in total. The Morgan fingerprint density at radius 2 is 2.10 bits per heavy atom. The number of ether oxygens (including phenoxy) is 2. The maximum absolute atomic E-state index is 13.5. The first kappa shape index (κ1) is 14.5. The summed E-state index contributed by atoms with van der Waals surface area (Å²) in [5.74, 6) is 0.239. The van der Waals surface area contributed by atoms with Crippen LogP contribution < -0.4 is 9.47 Å².